The number of nitrogens with zero attached hydrogens (tertiary/aromatic N) is 3. The number of aromatic nitrogens is 3. The maximum atomic E-state index is 9.61. The van der Waals surface area contributed by atoms with E-state index in [-0.39, 0.29) is 12.5 Å². The molecule has 2 aromatic rings. The standard InChI is InChI=1S/C16H23N3O/c1-12(2)19-16(17-11-18-19)9-15(10-20)8-14-6-4-13(3)5-7-14/h4-7,11-12,15,20H,8-10H2,1-3H3. The minimum Gasteiger partial charge on any atom is -0.396 e. The first-order chi connectivity index (χ1) is 9.60. The Kier molecular flexibility index (Phi) is 4.90. The summed E-state index contributed by atoms with van der Waals surface area (Å²) in [5, 5.41) is 13.9. The average Bonchev–Trinajstić information content (AvgIpc) is 2.88. The number of aliphatic hydroxyl groups excluding tert-OH is 1. The molecule has 0 spiro atoms. The van der Waals surface area contributed by atoms with E-state index in [4.69, 9.17) is 0 Å². The van der Waals surface area contributed by atoms with Gasteiger partial charge in [0.1, 0.15) is 12.2 Å². The van der Waals surface area contributed by atoms with Gasteiger partial charge in [0.25, 0.3) is 0 Å². The molecule has 0 amide bonds. The highest BCUT2D eigenvalue weighted by Gasteiger charge is 2.15. The largest absolute Gasteiger partial charge is 0.396 e. The first kappa shape index (κ1) is 14.7. The predicted octanol–water partition coefficient (Wildman–Crippen LogP) is 2.56. The zero-order chi connectivity index (χ0) is 14.5. The lowest BCUT2D eigenvalue weighted by Crippen LogP contribution is -2.17. The molecule has 1 aromatic carbocycles. The van der Waals surface area contributed by atoms with Gasteiger partial charge < -0.3 is 5.11 Å². The number of hydrogen-bond donors (Lipinski definition) is 1. The molecule has 0 saturated heterocycles. The molecule has 0 aliphatic carbocycles. The summed E-state index contributed by atoms with van der Waals surface area (Å²) < 4.78 is 1.93. The lowest BCUT2D eigenvalue weighted by Gasteiger charge is -2.16. The number of hydrogen-bond acceptors (Lipinski definition) is 3. The van der Waals surface area contributed by atoms with Gasteiger partial charge in [0.15, 0.2) is 0 Å². The third-order valence-electron chi connectivity index (χ3n) is 3.51. The summed E-state index contributed by atoms with van der Waals surface area (Å²) in [6.07, 6.45) is 3.21. The van der Waals surface area contributed by atoms with Crippen LogP contribution in [-0.4, -0.2) is 26.5 Å². The van der Waals surface area contributed by atoms with Crippen LogP contribution in [0.4, 0.5) is 0 Å². The maximum Gasteiger partial charge on any atom is 0.138 e. The Hall–Kier alpha value is -1.68. The van der Waals surface area contributed by atoms with Crippen LogP contribution in [-0.2, 0) is 12.8 Å². The zero-order valence-corrected chi connectivity index (χ0v) is 12.5. The number of aryl methyl sites for hydroxylation is 1. The Morgan fingerprint density at radius 1 is 1.15 bits per heavy atom. The van der Waals surface area contributed by atoms with Crippen LogP contribution in [0.1, 0.15) is 36.8 Å². The summed E-state index contributed by atoms with van der Waals surface area (Å²) >= 11 is 0. The van der Waals surface area contributed by atoms with Crippen molar-refractivity contribution in [2.75, 3.05) is 6.61 Å². The second-order valence-electron chi connectivity index (χ2n) is 5.66. The Morgan fingerprint density at radius 2 is 1.85 bits per heavy atom. The molecule has 0 bridgehead atoms. The first-order valence-corrected chi connectivity index (χ1v) is 7.15. The summed E-state index contributed by atoms with van der Waals surface area (Å²) in [4.78, 5) is 4.32. The third-order valence-corrected chi connectivity index (χ3v) is 3.51. The molecule has 0 saturated carbocycles. The molecule has 0 fully saturated rings. The fraction of sp³-hybridized carbons (Fsp3) is 0.500. The van der Waals surface area contributed by atoms with Crippen molar-refractivity contribution in [3.05, 3.63) is 47.5 Å². The van der Waals surface area contributed by atoms with Crippen LogP contribution in [0, 0.1) is 12.8 Å². The monoisotopic (exact) mass is 273 g/mol. The molecule has 1 heterocycles. The van der Waals surface area contributed by atoms with Crippen molar-refractivity contribution >= 4 is 0 Å². The highest BCUT2D eigenvalue weighted by atomic mass is 16.3. The number of rotatable bonds is 6. The van der Waals surface area contributed by atoms with E-state index >= 15 is 0 Å². The Morgan fingerprint density at radius 3 is 2.45 bits per heavy atom. The molecular weight excluding hydrogens is 250 g/mol. The lowest BCUT2D eigenvalue weighted by molar-refractivity contribution is 0.221. The molecule has 4 nitrogen and oxygen atoms in total. The summed E-state index contributed by atoms with van der Waals surface area (Å²) in [5.41, 5.74) is 2.51. The Bertz CT molecular complexity index is 531. The molecule has 1 atom stereocenters. The molecule has 4 heteroatoms. The average molecular weight is 273 g/mol. The van der Waals surface area contributed by atoms with E-state index in [1.165, 1.54) is 11.1 Å². The second-order valence-corrected chi connectivity index (χ2v) is 5.66. The van der Waals surface area contributed by atoms with Crippen molar-refractivity contribution in [2.45, 2.75) is 39.7 Å². The van der Waals surface area contributed by atoms with Crippen LogP contribution in [0.2, 0.25) is 0 Å². The summed E-state index contributed by atoms with van der Waals surface area (Å²) in [6, 6.07) is 8.78. The third kappa shape index (κ3) is 3.67. The van der Waals surface area contributed by atoms with Crippen molar-refractivity contribution in [1.29, 1.82) is 0 Å². The Labute approximate surface area is 120 Å². The van der Waals surface area contributed by atoms with Crippen molar-refractivity contribution in [2.24, 2.45) is 5.92 Å². The topological polar surface area (TPSA) is 50.9 Å². The van der Waals surface area contributed by atoms with E-state index in [0.29, 0.717) is 6.04 Å². The van der Waals surface area contributed by atoms with E-state index in [1.807, 2.05) is 4.68 Å². The van der Waals surface area contributed by atoms with Crippen LogP contribution < -0.4 is 0 Å². The fourth-order valence-electron chi connectivity index (χ4n) is 2.37. The maximum absolute atomic E-state index is 9.61. The van der Waals surface area contributed by atoms with E-state index < -0.39 is 0 Å². The normalized spacial score (nSPS) is 12.8. The number of benzene rings is 1. The van der Waals surface area contributed by atoms with Gasteiger partial charge in [0.2, 0.25) is 0 Å². The fourth-order valence-corrected chi connectivity index (χ4v) is 2.37. The van der Waals surface area contributed by atoms with Gasteiger partial charge in [-0.15, -0.1) is 0 Å². The van der Waals surface area contributed by atoms with E-state index in [1.54, 1.807) is 6.33 Å². The minimum atomic E-state index is 0.166. The SMILES string of the molecule is Cc1ccc(CC(CO)Cc2ncnn2C(C)C)cc1. The summed E-state index contributed by atoms with van der Waals surface area (Å²) in [5.74, 6) is 1.13. The summed E-state index contributed by atoms with van der Waals surface area (Å²) in [7, 11) is 0. The van der Waals surface area contributed by atoms with Gasteiger partial charge in [-0.2, -0.15) is 5.10 Å². The number of aliphatic hydroxyl groups is 1. The molecular formula is C16H23N3O. The van der Waals surface area contributed by atoms with Gasteiger partial charge in [0.05, 0.1) is 0 Å². The van der Waals surface area contributed by atoms with Crippen LogP contribution in [0.25, 0.3) is 0 Å². The molecule has 1 unspecified atom stereocenters. The molecule has 1 aromatic heterocycles. The van der Waals surface area contributed by atoms with Crippen molar-refractivity contribution in [1.82, 2.24) is 14.8 Å². The van der Waals surface area contributed by atoms with Crippen LogP contribution in [0.5, 0.6) is 0 Å². The smallest absolute Gasteiger partial charge is 0.138 e. The van der Waals surface area contributed by atoms with E-state index in [2.05, 4.69) is 55.1 Å². The highest BCUT2D eigenvalue weighted by Crippen LogP contribution is 2.15. The van der Waals surface area contributed by atoms with Crippen LogP contribution >= 0.6 is 0 Å². The highest BCUT2D eigenvalue weighted by molar-refractivity contribution is 5.21. The molecule has 1 N–H and O–H groups in total. The molecule has 0 aliphatic rings. The van der Waals surface area contributed by atoms with E-state index in [0.717, 1.165) is 18.7 Å². The van der Waals surface area contributed by atoms with Gasteiger partial charge in [-0.1, -0.05) is 29.8 Å². The van der Waals surface area contributed by atoms with Gasteiger partial charge in [-0.05, 0) is 38.7 Å². The molecule has 2 rings (SSSR count). The van der Waals surface area contributed by atoms with Crippen molar-refractivity contribution in [3.8, 4) is 0 Å². The zero-order valence-electron chi connectivity index (χ0n) is 12.5. The molecule has 20 heavy (non-hydrogen) atoms. The molecule has 0 radical (unpaired) electrons. The predicted molar refractivity (Wildman–Crippen MR) is 79.6 cm³/mol. The first-order valence-electron chi connectivity index (χ1n) is 7.15. The van der Waals surface area contributed by atoms with E-state index in [9.17, 15) is 5.11 Å². The molecule has 0 aliphatic heterocycles. The van der Waals surface area contributed by atoms with Crippen molar-refractivity contribution < 1.29 is 5.11 Å². The van der Waals surface area contributed by atoms with Gasteiger partial charge in [-0.25, -0.2) is 9.67 Å². The van der Waals surface area contributed by atoms with Gasteiger partial charge >= 0.3 is 0 Å². The lowest BCUT2D eigenvalue weighted by atomic mass is 9.96. The second kappa shape index (κ2) is 6.66. The van der Waals surface area contributed by atoms with Crippen molar-refractivity contribution in [3.63, 3.8) is 0 Å². The van der Waals surface area contributed by atoms with Gasteiger partial charge in [-0.3, -0.25) is 0 Å². The van der Waals surface area contributed by atoms with Gasteiger partial charge in [0, 0.05) is 19.1 Å². The van der Waals surface area contributed by atoms with Crippen LogP contribution in [0.3, 0.4) is 0 Å². The quantitative estimate of drug-likeness (QED) is 0.880. The molecule has 108 valence electrons. The Balaban J connectivity index is 2.05. The summed E-state index contributed by atoms with van der Waals surface area (Å²) in [6.45, 7) is 6.43. The minimum absolute atomic E-state index is 0.166. The van der Waals surface area contributed by atoms with Crippen LogP contribution in [0.15, 0.2) is 30.6 Å².